The number of hydrogen-bond donors (Lipinski definition) is 1. The number of aromatic carboxylic acids is 1. The summed E-state index contributed by atoms with van der Waals surface area (Å²) < 4.78 is 1.09. The van der Waals surface area contributed by atoms with Crippen molar-refractivity contribution >= 4 is 50.8 Å². The second-order valence-corrected chi connectivity index (χ2v) is 5.43. The maximum absolute atomic E-state index is 10.9. The number of carbonyl (C=O) groups is 1. The SMILES string of the molecule is CSc1c(CCl)sc2ccc(C(=O)O)cc12. The van der Waals surface area contributed by atoms with Crippen molar-refractivity contribution in [1.29, 1.82) is 0 Å². The van der Waals surface area contributed by atoms with E-state index in [9.17, 15) is 4.79 Å². The third kappa shape index (κ3) is 1.93. The summed E-state index contributed by atoms with van der Waals surface area (Å²) in [5.41, 5.74) is 0.321. The summed E-state index contributed by atoms with van der Waals surface area (Å²) in [6, 6.07) is 5.19. The number of benzene rings is 1. The fourth-order valence-electron chi connectivity index (χ4n) is 1.57. The first kappa shape index (κ1) is 11.8. The minimum absolute atomic E-state index is 0.321. The first-order valence-electron chi connectivity index (χ1n) is 4.56. The Labute approximate surface area is 106 Å². The second-order valence-electron chi connectivity index (χ2n) is 3.21. The van der Waals surface area contributed by atoms with Gasteiger partial charge in [-0.15, -0.1) is 34.7 Å². The van der Waals surface area contributed by atoms with Crippen LogP contribution in [0.1, 0.15) is 15.2 Å². The highest BCUT2D eigenvalue weighted by Gasteiger charge is 2.12. The molecule has 0 radical (unpaired) electrons. The lowest BCUT2D eigenvalue weighted by molar-refractivity contribution is 0.0697. The lowest BCUT2D eigenvalue weighted by atomic mass is 10.1. The molecule has 1 aromatic carbocycles. The van der Waals surface area contributed by atoms with Crippen LogP contribution < -0.4 is 0 Å². The van der Waals surface area contributed by atoms with E-state index >= 15 is 0 Å². The number of hydrogen-bond acceptors (Lipinski definition) is 3. The summed E-state index contributed by atoms with van der Waals surface area (Å²) in [4.78, 5) is 13.1. The molecule has 0 aliphatic rings. The first-order chi connectivity index (χ1) is 7.67. The van der Waals surface area contributed by atoms with Crippen molar-refractivity contribution in [2.24, 2.45) is 0 Å². The molecule has 0 aliphatic carbocycles. The molecule has 0 atom stereocenters. The summed E-state index contributed by atoms with van der Waals surface area (Å²) in [6.07, 6.45) is 1.98. The van der Waals surface area contributed by atoms with Gasteiger partial charge in [-0.05, 0) is 24.5 Å². The molecular formula is C11H9ClO2S2. The molecule has 2 rings (SSSR count). The van der Waals surface area contributed by atoms with Gasteiger partial charge in [0.25, 0.3) is 0 Å². The fraction of sp³-hybridized carbons (Fsp3) is 0.182. The Hall–Kier alpha value is -0.710. The van der Waals surface area contributed by atoms with Crippen molar-refractivity contribution in [2.75, 3.05) is 6.26 Å². The van der Waals surface area contributed by atoms with E-state index in [1.165, 1.54) is 0 Å². The minimum Gasteiger partial charge on any atom is -0.478 e. The Bertz CT molecular complexity index is 548. The summed E-state index contributed by atoms with van der Waals surface area (Å²) >= 11 is 9.10. The molecule has 0 saturated heterocycles. The predicted octanol–water partition coefficient (Wildman–Crippen LogP) is 4.06. The summed E-state index contributed by atoms with van der Waals surface area (Å²) in [5.74, 6) is -0.426. The van der Waals surface area contributed by atoms with Crippen molar-refractivity contribution in [3.8, 4) is 0 Å². The van der Waals surface area contributed by atoms with Gasteiger partial charge in [0.05, 0.1) is 11.4 Å². The zero-order chi connectivity index (χ0) is 11.7. The molecule has 1 N–H and O–H groups in total. The molecule has 84 valence electrons. The minimum atomic E-state index is -0.896. The van der Waals surface area contributed by atoms with Gasteiger partial charge in [0, 0.05) is 19.9 Å². The van der Waals surface area contributed by atoms with E-state index in [0.29, 0.717) is 11.4 Å². The highest BCUT2D eigenvalue weighted by Crippen LogP contribution is 2.38. The van der Waals surface area contributed by atoms with Crippen LogP contribution in [0.4, 0.5) is 0 Å². The van der Waals surface area contributed by atoms with Crippen molar-refractivity contribution in [3.63, 3.8) is 0 Å². The van der Waals surface area contributed by atoms with E-state index in [2.05, 4.69) is 0 Å². The van der Waals surface area contributed by atoms with Gasteiger partial charge in [-0.1, -0.05) is 0 Å². The Morgan fingerprint density at radius 1 is 1.56 bits per heavy atom. The molecule has 5 heteroatoms. The Morgan fingerprint density at radius 3 is 2.88 bits per heavy atom. The van der Waals surface area contributed by atoms with Gasteiger partial charge in [-0.2, -0.15) is 0 Å². The van der Waals surface area contributed by atoms with E-state index in [-0.39, 0.29) is 0 Å². The lowest BCUT2D eigenvalue weighted by Crippen LogP contribution is -1.94. The average Bonchev–Trinajstić information content (AvgIpc) is 2.65. The van der Waals surface area contributed by atoms with Crippen LogP contribution in [0.3, 0.4) is 0 Å². The molecule has 0 unspecified atom stereocenters. The van der Waals surface area contributed by atoms with Gasteiger partial charge >= 0.3 is 5.97 Å². The van der Waals surface area contributed by atoms with Gasteiger partial charge in [0.1, 0.15) is 0 Å². The van der Waals surface area contributed by atoms with Crippen LogP contribution in [0.15, 0.2) is 23.1 Å². The molecule has 2 nitrogen and oxygen atoms in total. The van der Waals surface area contributed by atoms with Crippen LogP contribution in [0, 0.1) is 0 Å². The number of rotatable bonds is 3. The van der Waals surface area contributed by atoms with E-state index in [1.54, 1.807) is 35.2 Å². The Kier molecular flexibility index (Phi) is 3.42. The van der Waals surface area contributed by atoms with Gasteiger partial charge in [-0.3, -0.25) is 0 Å². The van der Waals surface area contributed by atoms with Crippen molar-refractivity contribution in [3.05, 3.63) is 28.6 Å². The zero-order valence-electron chi connectivity index (χ0n) is 8.49. The quantitative estimate of drug-likeness (QED) is 0.676. The standard InChI is InChI=1S/C11H9ClO2S2/c1-15-10-7-4-6(11(13)14)2-3-8(7)16-9(10)5-12/h2-4H,5H2,1H3,(H,13,14). The Balaban J connectivity index is 2.70. The van der Waals surface area contributed by atoms with Gasteiger partial charge in [-0.25, -0.2) is 4.79 Å². The van der Waals surface area contributed by atoms with E-state index in [4.69, 9.17) is 16.7 Å². The zero-order valence-corrected chi connectivity index (χ0v) is 10.9. The fourth-order valence-corrected chi connectivity index (χ4v) is 4.00. The molecular weight excluding hydrogens is 264 g/mol. The lowest BCUT2D eigenvalue weighted by Gasteiger charge is -1.98. The number of carboxylic acids is 1. The molecule has 0 saturated carbocycles. The maximum atomic E-state index is 10.9. The molecule has 1 heterocycles. The largest absolute Gasteiger partial charge is 0.478 e. The molecule has 0 spiro atoms. The van der Waals surface area contributed by atoms with E-state index in [1.807, 2.05) is 12.3 Å². The molecule has 0 fully saturated rings. The van der Waals surface area contributed by atoms with Crippen molar-refractivity contribution in [1.82, 2.24) is 0 Å². The average molecular weight is 273 g/mol. The maximum Gasteiger partial charge on any atom is 0.335 e. The number of alkyl halides is 1. The highest BCUT2D eigenvalue weighted by molar-refractivity contribution is 7.99. The van der Waals surface area contributed by atoms with Crippen molar-refractivity contribution < 1.29 is 9.90 Å². The molecule has 1 aromatic heterocycles. The molecule has 16 heavy (non-hydrogen) atoms. The smallest absolute Gasteiger partial charge is 0.335 e. The topological polar surface area (TPSA) is 37.3 Å². The summed E-state index contributed by atoms with van der Waals surface area (Å²) in [5, 5.41) is 9.94. The highest BCUT2D eigenvalue weighted by atomic mass is 35.5. The van der Waals surface area contributed by atoms with Crippen molar-refractivity contribution in [2.45, 2.75) is 10.8 Å². The third-order valence-electron chi connectivity index (χ3n) is 2.28. The van der Waals surface area contributed by atoms with Crippen LogP contribution in [0.5, 0.6) is 0 Å². The summed E-state index contributed by atoms with van der Waals surface area (Å²) in [6.45, 7) is 0. The first-order valence-corrected chi connectivity index (χ1v) is 7.13. The second kappa shape index (κ2) is 4.65. The number of halogens is 1. The molecule has 0 bridgehead atoms. The van der Waals surface area contributed by atoms with Crippen LogP contribution in [0.25, 0.3) is 10.1 Å². The predicted molar refractivity (Wildman–Crippen MR) is 70.1 cm³/mol. The van der Waals surface area contributed by atoms with Crippen LogP contribution in [0.2, 0.25) is 0 Å². The van der Waals surface area contributed by atoms with E-state index in [0.717, 1.165) is 19.9 Å². The molecule has 2 aromatic rings. The van der Waals surface area contributed by atoms with Crippen LogP contribution in [-0.4, -0.2) is 17.3 Å². The van der Waals surface area contributed by atoms with Gasteiger partial charge in [0.15, 0.2) is 0 Å². The summed E-state index contributed by atoms with van der Waals surface area (Å²) in [7, 11) is 0. The Morgan fingerprint density at radius 2 is 2.31 bits per heavy atom. The number of carboxylic acid groups (broad SMARTS) is 1. The van der Waals surface area contributed by atoms with Gasteiger partial charge in [0.2, 0.25) is 0 Å². The van der Waals surface area contributed by atoms with Gasteiger partial charge < -0.3 is 5.11 Å². The van der Waals surface area contributed by atoms with E-state index < -0.39 is 5.97 Å². The molecule has 0 aliphatic heterocycles. The molecule has 0 amide bonds. The normalized spacial score (nSPS) is 10.9. The number of thiophene rings is 1. The number of fused-ring (bicyclic) bond motifs is 1. The van der Waals surface area contributed by atoms with Crippen LogP contribution in [-0.2, 0) is 5.88 Å². The monoisotopic (exact) mass is 272 g/mol. The third-order valence-corrected chi connectivity index (χ3v) is 4.88. The van der Waals surface area contributed by atoms with Crippen LogP contribution >= 0.6 is 34.7 Å². The number of thioether (sulfide) groups is 1.